The van der Waals surface area contributed by atoms with Crippen molar-refractivity contribution in [3.05, 3.63) is 36.0 Å². The quantitative estimate of drug-likeness (QED) is 0.906. The van der Waals surface area contributed by atoms with Crippen LogP contribution in [0.3, 0.4) is 0 Å². The molecule has 1 aromatic carbocycles. The summed E-state index contributed by atoms with van der Waals surface area (Å²) in [6, 6.07) is 9.55. The molecule has 5 nitrogen and oxygen atoms in total. The first-order valence-electron chi connectivity index (χ1n) is 7.26. The monoisotopic (exact) mass is 284 g/mol. The van der Waals surface area contributed by atoms with Crippen molar-refractivity contribution in [3.8, 4) is 0 Å². The van der Waals surface area contributed by atoms with Crippen molar-refractivity contribution in [2.45, 2.75) is 37.5 Å². The van der Waals surface area contributed by atoms with Crippen molar-refractivity contribution in [2.75, 3.05) is 5.32 Å². The summed E-state index contributed by atoms with van der Waals surface area (Å²) in [6.07, 6.45) is 3.74. The fourth-order valence-corrected chi connectivity index (χ4v) is 3.38. The molecule has 1 aromatic heterocycles. The van der Waals surface area contributed by atoms with E-state index in [1.165, 1.54) is 0 Å². The number of hydrogen-bond acceptors (Lipinski definition) is 4. The van der Waals surface area contributed by atoms with Gasteiger partial charge in [-0.3, -0.25) is 0 Å². The number of carboxylic acid groups (broad SMARTS) is 1. The highest BCUT2D eigenvalue weighted by Gasteiger charge is 2.41. The summed E-state index contributed by atoms with van der Waals surface area (Å²) in [5.74, 6) is -0.361. The molecule has 3 heterocycles. The third-order valence-corrected chi connectivity index (χ3v) is 4.39. The van der Waals surface area contributed by atoms with Gasteiger partial charge in [0.05, 0.1) is 18.2 Å². The van der Waals surface area contributed by atoms with Crippen molar-refractivity contribution in [1.29, 1.82) is 0 Å². The van der Waals surface area contributed by atoms with Gasteiger partial charge in [0.25, 0.3) is 0 Å². The van der Waals surface area contributed by atoms with Crippen LogP contribution in [0.15, 0.2) is 30.3 Å². The lowest BCUT2D eigenvalue weighted by atomic mass is 9.95. The lowest BCUT2D eigenvalue weighted by Crippen LogP contribution is -2.31. The molecular weight excluding hydrogens is 268 g/mol. The van der Waals surface area contributed by atoms with E-state index in [1.54, 1.807) is 6.07 Å². The van der Waals surface area contributed by atoms with Gasteiger partial charge in [-0.25, -0.2) is 9.78 Å². The third-order valence-electron chi connectivity index (χ3n) is 4.39. The zero-order valence-electron chi connectivity index (χ0n) is 11.5. The van der Waals surface area contributed by atoms with Crippen LogP contribution in [0.5, 0.6) is 0 Å². The van der Waals surface area contributed by atoms with E-state index in [9.17, 15) is 9.90 Å². The lowest BCUT2D eigenvalue weighted by Gasteiger charge is -2.21. The molecule has 2 aromatic rings. The Hall–Kier alpha value is -2.14. The molecule has 2 saturated heterocycles. The van der Waals surface area contributed by atoms with E-state index < -0.39 is 5.97 Å². The van der Waals surface area contributed by atoms with Crippen LogP contribution in [0.4, 0.5) is 5.82 Å². The fraction of sp³-hybridized carbons (Fsp3) is 0.375. The third kappa shape index (κ3) is 2.14. The average Bonchev–Trinajstić information content (AvgIpc) is 3.09. The number of ether oxygens (including phenoxy) is 1. The fourth-order valence-electron chi connectivity index (χ4n) is 3.38. The molecule has 2 aliphatic heterocycles. The van der Waals surface area contributed by atoms with Gasteiger partial charge in [-0.05, 0) is 30.7 Å². The van der Waals surface area contributed by atoms with Gasteiger partial charge >= 0.3 is 5.97 Å². The molecule has 0 aliphatic carbocycles. The standard InChI is InChI=1S/C16H16N2O3/c19-16(20)13-7-9-3-1-2-4-11(9)15(18-13)17-12-8-10-5-6-14(12)21-10/h1-4,7,10,12,14H,5-6,8H2,(H,17,18)(H,19,20). The van der Waals surface area contributed by atoms with Crippen molar-refractivity contribution in [3.63, 3.8) is 0 Å². The van der Waals surface area contributed by atoms with Gasteiger partial charge in [0, 0.05) is 5.39 Å². The molecule has 0 radical (unpaired) electrons. The van der Waals surface area contributed by atoms with E-state index in [-0.39, 0.29) is 17.8 Å². The molecule has 2 aliphatic rings. The Balaban J connectivity index is 1.74. The van der Waals surface area contributed by atoms with Crippen LogP contribution in [0.1, 0.15) is 29.8 Å². The number of carboxylic acids is 1. The molecular formula is C16H16N2O3. The summed E-state index contributed by atoms with van der Waals surface area (Å²) in [4.78, 5) is 15.5. The Morgan fingerprint density at radius 3 is 2.90 bits per heavy atom. The first kappa shape index (κ1) is 12.6. The average molecular weight is 284 g/mol. The second kappa shape index (κ2) is 4.70. The normalized spacial score (nSPS) is 27.1. The number of aromatic nitrogens is 1. The number of pyridine rings is 1. The smallest absolute Gasteiger partial charge is 0.354 e. The maximum absolute atomic E-state index is 11.2. The number of fused-ring (bicyclic) bond motifs is 3. The Kier molecular flexibility index (Phi) is 2.82. The second-order valence-corrected chi connectivity index (χ2v) is 5.74. The molecule has 3 unspecified atom stereocenters. The van der Waals surface area contributed by atoms with Gasteiger partial charge in [-0.15, -0.1) is 0 Å². The molecule has 2 bridgehead atoms. The molecule has 4 rings (SSSR count). The number of nitrogens with one attached hydrogen (secondary N) is 1. The summed E-state index contributed by atoms with van der Waals surface area (Å²) in [6.45, 7) is 0. The number of aromatic carboxylic acids is 1. The summed E-state index contributed by atoms with van der Waals surface area (Å²) in [7, 11) is 0. The van der Waals surface area contributed by atoms with E-state index in [1.807, 2.05) is 24.3 Å². The number of anilines is 1. The molecule has 0 saturated carbocycles. The molecule has 21 heavy (non-hydrogen) atoms. The van der Waals surface area contributed by atoms with E-state index in [4.69, 9.17) is 4.74 Å². The minimum absolute atomic E-state index is 0.0697. The van der Waals surface area contributed by atoms with Crippen molar-refractivity contribution in [1.82, 2.24) is 4.98 Å². The SMILES string of the molecule is O=C(O)c1cc2ccccc2c(NC2CC3CCC2O3)n1. The molecule has 108 valence electrons. The van der Waals surface area contributed by atoms with Crippen molar-refractivity contribution >= 4 is 22.6 Å². The minimum Gasteiger partial charge on any atom is -0.477 e. The summed E-state index contributed by atoms with van der Waals surface area (Å²) in [5.41, 5.74) is 0.0697. The van der Waals surface area contributed by atoms with Crippen molar-refractivity contribution in [2.24, 2.45) is 0 Å². The largest absolute Gasteiger partial charge is 0.477 e. The number of hydrogen-bond donors (Lipinski definition) is 2. The van der Waals surface area contributed by atoms with Gasteiger partial charge in [-0.1, -0.05) is 24.3 Å². The zero-order chi connectivity index (χ0) is 14.4. The Morgan fingerprint density at radius 2 is 2.19 bits per heavy atom. The van der Waals surface area contributed by atoms with E-state index in [2.05, 4.69) is 10.3 Å². The van der Waals surface area contributed by atoms with Gasteiger partial charge in [0.15, 0.2) is 5.69 Å². The van der Waals surface area contributed by atoms with Crippen LogP contribution in [-0.4, -0.2) is 34.3 Å². The van der Waals surface area contributed by atoms with E-state index >= 15 is 0 Å². The molecule has 0 spiro atoms. The van der Waals surface area contributed by atoms with Gasteiger partial charge in [0.1, 0.15) is 5.82 Å². The summed E-state index contributed by atoms with van der Waals surface area (Å²) < 4.78 is 5.84. The second-order valence-electron chi connectivity index (χ2n) is 5.74. The Morgan fingerprint density at radius 1 is 1.33 bits per heavy atom. The summed E-state index contributed by atoms with van der Waals surface area (Å²) in [5, 5.41) is 14.5. The lowest BCUT2D eigenvalue weighted by molar-refractivity contribution is 0.0691. The highest BCUT2D eigenvalue weighted by molar-refractivity contribution is 5.97. The molecule has 0 amide bonds. The predicted molar refractivity (Wildman–Crippen MR) is 78.6 cm³/mol. The van der Waals surface area contributed by atoms with Crippen molar-refractivity contribution < 1.29 is 14.6 Å². The Labute approximate surface area is 121 Å². The summed E-state index contributed by atoms with van der Waals surface area (Å²) >= 11 is 0. The Bertz CT molecular complexity index is 716. The molecule has 3 atom stereocenters. The molecule has 5 heteroatoms. The van der Waals surface area contributed by atoms with Gasteiger partial charge in [0.2, 0.25) is 0 Å². The highest BCUT2D eigenvalue weighted by Crippen LogP contribution is 2.36. The van der Waals surface area contributed by atoms with Crippen LogP contribution >= 0.6 is 0 Å². The first-order chi connectivity index (χ1) is 10.2. The number of benzene rings is 1. The molecule has 2 fully saturated rings. The zero-order valence-corrected chi connectivity index (χ0v) is 11.5. The van der Waals surface area contributed by atoms with Crippen LogP contribution in [0.2, 0.25) is 0 Å². The van der Waals surface area contributed by atoms with Gasteiger partial charge < -0.3 is 15.2 Å². The topological polar surface area (TPSA) is 71.5 Å². The number of rotatable bonds is 3. The first-order valence-corrected chi connectivity index (χ1v) is 7.26. The van der Waals surface area contributed by atoms with Gasteiger partial charge in [-0.2, -0.15) is 0 Å². The maximum Gasteiger partial charge on any atom is 0.354 e. The molecule has 2 N–H and O–H groups in total. The van der Waals surface area contributed by atoms with E-state index in [0.29, 0.717) is 11.9 Å². The van der Waals surface area contributed by atoms with Crippen LogP contribution in [0.25, 0.3) is 10.8 Å². The van der Waals surface area contributed by atoms with Crippen LogP contribution in [-0.2, 0) is 4.74 Å². The predicted octanol–water partition coefficient (Wildman–Crippen LogP) is 2.66. The highest BCUT2D eigenvalue weighted by atomic mass is 16.5. The maximum atomic E-state index is 11.2. The minimum atomic E-state index is -1.01. The van der Waals surface area contributed by atoms with E-state index in [0.717, 1.165) is 30.0 Å². The number of nitrogens with zero attached hydrogens (tertiary/aromatic N) is 1. The number of carbonyl (C=O) groups is 1. The van der Waals surface area contributed by atoms with Crippen LogP contribution < -0.4 is 5.32 Å². The van der Waals surface area contributed by atoms with Crippen LogP contribution in [0, 0.1) is 0 Å².